The highest BCUT2D eigenvalue weighted by Crippen LogP contribution is 2.28. The van der Waals surface area contributed by atoms with Gasteiger partial charge in [-0.1, -0.05) is 12.1 Å². The van der Waals surface area contributed by atoms with Crippen molar-refractivity contribution < 1.29 is 9.90 Å². The lowest BCUT2D eigenvalue weighted by molar-refractivity contribution is -0.138. The molecule has 1 fully saturated rings. The monoisotopic (exact) mass is 271 g/mol. The van der Waals surface area contributed by atoms with Gasteiger partial charge in [0.2, 0.25) is 0 Å². The molecule has 1 aliphatic rings. The summed E-state index contributed by atoms with van der Waals surface area (Å²) in [6.45, 7) is 0.808. The molecular weight excluding hydrogens is 254 g/mol. The average molecular weight is 271 g/mol. The molecule has 0 unspecified atom stereocenters. The number of carboxylic acids is 1. The number of benzene rings is 1. The van der Waals surface area contributed by atoms with E-state index in [4.69, 9.17) is 0 Å². The summed E-state index contributed by atoms with van der Waals surface area (Å²) in [5.74, 6) is -0.738. The first kappa shape index (κ1) is 12.7. The van der Waals surface area contributed by atoms with Gasteiger partial charge in [0.1, 0.15) is 6.04 Å². The minimum Gasteiger partial charge on any atom is -0.480 e. The first-order chi connectivity index (χ1) is 9.66. The number of rotatable bonds is 3. The van der Waals surface area contributed by atoms with Gasteiger partial charge < -0.3 is 10.0 Å². The summed E-state index contributed by atoms with van der Waals surface area (Å²) in [6, 6.07) is 9.59. The van der Waals surface area contributed by atoms with E-state index in [-0.39, 0.29) is 0 Å². The number of hydrogen-bond acceptors (Lipinski definition) is 3. The maximum Gasteiger partial charge on any atom is 0.326 e. The maximum absolute atomic E-state index is 11.2. The third-order valence-corrected chi connectivity index (χ3v) is 3.85. The Bertz CT molecular complexity index is 618. The predicted molar refractivity (Wildman–Crippen MR) is 76.6 cm³/mol. The minimum absolute atomic E-state index is 0.391. The average Bonchev–Trinajstić information content (AvgIpc) is 3.07. The lowest BCUT2D eigenvalue weighted by atomic mass is 10.1. The molecular formula is C15H17N3O2. The molecule has 5 nitrogen and oxygen atoms in total. The van der Waals surface area contributed by atoms with Crippen molar-refractivity contribution in [1.29, 1.82) is 0 Å². The zero-order valence-electron chi connectivity index (χ0n) is 11.4. The van der Waals surface area contributed by atoms with E-state index in [1.165, 1.54) is 0 Å². The van der Waals surface area contributed by atoms with E-state index in [0.717, 1.165) is 36.3 Å². The quantitative estimate of drug-likeness (QED) is 0.929. The molecule has 3 rings (SSSR count). The summed E-state index contributed by atoms with van der Waals surface area (Å²) >= 11 is 0. The van der Waals surface area contributed by atoms with Crippen molar-refractivity contribution in [2.45, 2.75) is 18.9 Å². The largest absolute Gasteiger partial charge is 0.480 e. The van der Waals surface area contributed by atoms with Gasteiger partial charge in [-0.2, -0.15) is 5.10 Å². The van der Waals surface area contributed by atoms with Gasteiger partial charge in [-0.15, -0.1) is 0 Å². The zero-order valence-corrected chi connectivity index (χ0v) is 11.4. The van der Waals surface area contributed by atoms with Gasteiger partial charge in [0.05, 0.1) is 5.69 Å². The van der Waals surface area contributed by atoms with Gasteiger partial charge in [-0.3, -0.25) is 4.68 Å². The lowest BCUT2D eigenvalue weighted by Gasteiger charge is -2.23. The van der Waals surface area contributed by atoms with Crippen molar-refractivity contribution in [3.63, 3.8) is 0 Å². The molecule has 0 radical (unpaired) electrons. The van der Waals surface area contributed by atoms with E-state index in [0.29, 0.717) is 0 Å². The number of aromatic nitrogens is 2. The van der Waals surface area contributed by atoms with Crippen LogP contribution < -0.4 is 4.90 Å². The van der Waals surface area contributed by atoms with E-state index < -0.39 is 12.0 Å². The molecule has 104 valence electrons. The Morgan fingerprint density at radius 2 is 2.05 bits per heavy atom. The molecule has 1 aromatic carbocycles. The molecule has 20 heavy (non-hydrogen) atoms. The molecule has 1 saturated heterocycles. The van der Waals surface area contributed by atoms with E-state index >= 15 is 0 Å². The third kappa shape index (κ3) is 2.15. The van der Waals surface area contributed by atoms with Gasteiger partial charge in [-0.25, -0.2) is 4.79 Å². The standard InChI is InChI=1S/C15H17N3O2/c1-17-13(8-9-16-17)11-4-6-12(7-5-11)18-10-2-3-14(18)15(19)20/h4-9,14H,2-3,10H2,1H3,(H,19,20)/t14-/m0/s1. The normalized spacial score (nSPS) is 18.4. The van der Waals surface area contributed by atoms with Crippen molar-refractivity contribution in [2.75, 3.05) is 11.4 Å². The fraction of sp³-hybridized carbons (Fsp3) is 0.333. The van der Waals surface area contributed by atoms with Crippen molar-refractivity contribution in [1.82, 2.24) is 9.78 Å². The summed E-state index contributed by atoms with van der Waals surface area (Å²) in [5, 5.41) is 13.4. The summed E-state index contributed by atoms with van der Waals surface area (Å²) < 4.78 is 1.82. The number of anilines is 1. The highest BCUT2D eigenvalue weighted by Gasteiger charge is 2.30. The highest BCUT2D eigenvalue weighted by molar-refractivity contribution is 5.79. The van der Waals surface area contributed by atoms with Gasteiger partial charge in [0.15, 0.2) is 0 Å². The highest BCUT2D eigenvalue weighted by atomic mass is 16.4. The van der Waals surface area contributed by atoms with Crippen molar-refractivity contribution in [3.05, 3.63) is 36.5 Å². The second-order valence-electron chi connectivity index (χ2n) is 5.08. The molecule has 0 aliphatic carbocycles. The fourth-order valence-corrected chi connectivity index (χ4v) is 2.81. The molecule has 1 atom stereocenters. The number of hydrogen-bond donors (Lipinski definition) is 1. The molecule has 0 saturated carbocycles. The number of aliphatic carboxylic acids is 1. The van der Waals surface area contributed by atoms with Crippen LogP contribution in [0.2, 0.25) is 0 Å². The lowest BCUT2D eigenvalue weighted by Crippen LogP contribution is -2.35. The Morgan fingerprint density at radius 3 is 2.65 bits per heavy atom. The van der Waals surface area contributed by atoms with Crippen molar-refractivity contribution in [3.8, 4) is 11.3 Å². The Labute approximate surface area is 117 Å². The first-order valence-corrected chi connectivity index (χ1v) is 6.75. The van der Waals surface area contributed by atoms with Crippen LogP contribution in [0.3, 0.4) is 0 Å². The number of carboxylic acid groups (broad SMARTS) is 1. The van der Waals surface area contributed by atoms with Gasteiger partial charge in [0, 0.05) is 25.5 Å². The van der Waals surface area contributed by atoms with Crippen LogP contribution in [0.15, 0.2) is 36.5 Å². The zero-order chi connectivity index (χ0) is 14.1. The van der Waals surface area contributed by atoms with Crippen LogP contribution in [-0.2, 0) is 11.8 Å². The number of carbonyl (C=O) groups is 1. The van der Waals surface area contributed by atoms with Crippen LogP contribution in [-0.4, -0.2) is 33.4 Å². The number of nitrogens with zero attached hydrogens (tertiary/aromatic N) is 3. The fourth-order valence-electron chi connectivity index (χ4n) is 2.81. The Hall–Kier alpha value is -2.30. The smallest absolute Gasteiger partial charge is 0.326 e. The molecule has 5 heteroatoms. The second-order valence-corrected chi connectivity index (χ2v) is 5.08. The van der Waals surface area contributed by atoms with E-state index in [1.807, 2.05) is 47.0 Å². The Morgan fingerprint density at radius 1 is 1.30 bits per heavy atom. The third-order valence-electron chi connectivity index (χ3n) is 3.85. The molecule has 0 spiro atoms. The molecule has 0 amide bonds. The molecule has 2 heterocycles. The van der Waals surface area contributed by atoms with Crippen LogP contribution in [0.1, 0.15) is 12.8 Å². The summed E-state index contributed by atoms with van der Waals surface area (Å²) in [6.07, 6.45) is 3.42. The molecule has 1 aliphatic heterocycles. The summed E-state index contributed by atoms with van der Waals surface area (Å²) in [5.41, 5.74) is 3.10. The summed E-state index contributed by atoms with van der Waals surface area (Å²) in [4.78, 5) is 13.2. The molecule has 0 bridgehead atoms. The second kappa shape index (κ2) is 5.00. The van der Waals surface area contributed by atoms with E-state index in [1.54, 1.807) is 6.20 Å². The topological polar surface area (TPSA) is 58.4 Å². The predicted octanol–water partition coefficient (Wildman–Crippen LogP) is 2.14. The van der Waals surface area contributed by atoms with Gasteiger partial charge in [-0.05, 0) is 36.6 Å². The van der Waals surface area contributed by atoms with E-state index in [2.05, 4.69) is 5.10 Å². The maximum atomic E-state index is 11.2. The first-order valence-electron chi connectivity index (χ1n) is 6.75. The van der Waals surface area contributed by atoms with Crippen LogP contribution >= 0.6 is 0 Å². The van der Waals surface area contributed by atoms with E-state index in [9.17, 15) is 9.90 Å². The van der Waals surface area contributed by atoms with Crippen molar-refractivity contribution >= 4 is 11.7 Å². The van der Waals surface area contributed by atoms with Gasteiger partial charge >= 0.3 is 5.97 Å². The van der Waals surface area contributed by atoms with Crippen LogP contribution in [0.4, 0.5) is 5.69 Å². The minimum atomic E-state index is -0.738. The Kier molecular flexibility index (Phi) is 3.18. The van der Waals surface area contributed by atoms with Crippen LogP contribution in [0.5, 0.6) is 0 Å². The molecule has 2 aromatic rings. The Balaban J connectivity index is 1.86. The molecule has 1 aromatic heterocycles. The van der Waals surface area contributed by atoms with Crippen LogP contribution in [0, 0.1) is 0 Å². The summed E-state index contributed by atoms with van der Waals surface area (Å²) in [7, 11) is 1.91. The SMILES string of the molecule is Cn1nccc1-c1ccc(N2CCC[C@H]2C(=O)O)cc1. The van der Waals surface area contributed by atoms with Gasteiger partial charge in [0.25, 0.3) is 0 Å². The van der Waals surface area contributed by atoms with Crippen LogP contribution in [0.25, 0.3) is 11.3 Å². The molecule has 1 N–H and O–H groups in total. The van der Waals surface area contributed by atoms with Crippen molar-refractivity contribution in [2.24, 2.45) is 7.05 Å². The number of aryl methyl sites for hydroxylation is 1.